The second-order valence-electron chi connectivity index (χ2n) is 4.75. The first kappa shape index (κ1) is 14.6. The number of halogens is 1. The van der Waals surface area contributed by atoms with Crippen LogP contribution in [0.1, 0.15) is 21.5 Å². The van der Waals surface area contributed by atoms with Crippen molar-refractivity contribution in [3.05, 3.63) is 63.6 Å². The van der Waals surface area contributed by atoms with Crippen molar-refractivity contribution in [1.82, 2.24) is 4.90 Å². The van der Waals surface area contributed by atoms with E-state index in [9.17, 15) is 9.90 Å². The summed E-state index contributed by atoms with van der Waals surface area (Å²) in [5.41, 5.74) is 2.33. The second-order valence-corrected chi connectivity index (χ2v) is 5.61. The maximum atomic E-state index is 12.4. The van der Waals surface area contributed by atoms with Crippen molar-refractivity contribution in [1.29, 1.82) is 0 Å². The molecular formula is C16H16BrNO2. The van der Waals surface area contributed by atoms with Crippen LogP contribution in [-0.4, -0.2) is 23.0 Å². The summed E-state index contributed by atoms with van der Waals surface area (Å²) in [5, 5.41) is 9.50. The fourth-order valence-electron chi connectivity index (χ4n) is 1.96. The Morgan fingerprint density at radius 1 is 1.25 bits per heavy atom. The van der Waals surface area contributed by atoms with Crippen LogP contribution in [0.3, 0.4) is 0 Å². The van der Waals surface area contributed by atoms with Crippen molar-refractivity contribution < 1.29 is 9.90 Å². The Balaban J connectivity index is 2.16. The van der Waals surface area contributed by atoms with Crippen LogP contribution in [0.2, 0.25) is 0 Å². The highest BCUT2D eigenvalue weighted by Gasteiger charge is 2.14. The number of hydrogen-bond acceptors (Lipinski definition) is 2. The molecule has 0 fully saturated rings. The van der Waals surface area contributed by atoms with Gasteiger partial charge in [-0.25, -0.2) is 0 Å². The van der Waals surface area contributed by atoms with E-state index >= 15 is 0 Å². The van der Waals surface area contributed by atoms with E-state index < -0.39 is 0 Å². The Morgan fingerprint density at radius 2 is 1.95 bits per heavy atom. The predicted octanol–water partition coefficient (Wildman–Crippen LogP) is 3.74. The molecular weight excluding hydrogens is 318 g/mol. The number of phenolic OH excluding ortho intramolecular Hbond substituents is 1. The molecule has 0 aliphatic carbocycles. The first-order valence-electron chi connectivity index (χ1n) is 6.27. The van der Waals surface area contributed by atoms with E-state index in [2.05, 4.69) is 15.9 Å². The molecule has 2 rings (SSSR count). The molecule has 0 aliphatic heterocycles. The normalized spacial score (nSPS) is 10.3. The molecule has 4 heteroatoms. The van der Waals surface area contributed by atoms with E-state index in [0.29, 0.717) is 17.7 Å². The van der Waals surface area contributed by atoms with Gasteiger partial charge in [0, 0.05) is 23.6 Å². The maximum Gasteiger partial charge on any atom is 0.253 e. The lowest BCUT2D eigenvalue weighted by atomic mass is 10.1. The Kier molecular flexibility index (Phi) is 4.45. The summed E-state index contributed by atoms with van der Waals surface area (Å²) >= 11 is 3.48. The van der Waals surface area contributed by atoms with E-state index in [0.717, 1.165) is 10.0 Å². The smallest absolute Gasteiger partial charge is 0.253 e. The number of carbonyl (C=O) groups is 1. The summed E-state index contributed by atoms with van der Waals surface area (Å²) in [7, 11) is 1.77. The third-order valence-corrected chi connectivity index (χ3v) is 3.93. The fraction of sp³-hybridized carbons (Fsp3) is 0.188. The Labute approximate surface area is 127 Å². The summed E-state index contributed by atoms with van der Waals surface area (Å²) in [6.45, 7) is 2.31. The maximum absolute atomic E-state index is 12.4. The van der Waals surface area contributed by atoms with E-state index in [1.54, 1.807) is 37.1 Å². The van der Waals surface area contributed by atoms with Gasteiger partial charge in [0.15, 0.2) is 0 Å². The average molecular weight is 334 g/mol. The molecule has 2 aromatic carbocycles. The molecule has 0 bridgehead atoms. The summed E-state index contributed by atoms with van der Waals surface area (Å²) in [4.78, 5) is 14.0. The van der Waals surface area contributed by atoms with Gasteiger partial charge in [0.25, 0.3) is 5.91 Å². The predicted molar refractivity (Wildman–Crippen MR) is 82.8 cm³/mol. The molecule has 0 saturated heterocycles. The van der Waals surface area contributed by atoms with Gasteiger partial charge in [0.1, 0.15) is 5.75 Å². The monoisotopic (exact) mass is 333 g/mol. The number of phenols is 1. The molecule has 0 spiro atoms. The molecule has 0 radical (unpaired) electrons. The van der Waals surface area contributed by atoms with E-state index in [1.165, 1.54) is 0 Å². The number of rotatable bonds is 3. The third-order valence-electron chi connectivity index (χ3n) is 3.16. The van der Waals surface area contributed by atoms with Gasteiger partial charge in [0.2, 0.25) is 0 Å². The quantitative estimate of drug-likeness (QED) is 0.929. The lowest BCUT2D eigenvalue weighted by Gasteiger charge is -2.18. The largest absolute Gasteiger partial charge is 0.508 e. The molecule has 20 heavy (non-hydrogen) atoms. The zero-order valence-electron chi connectivity index (χ0n) is 11.4. The summed E-state index contributed by atoms with van der Waals surface area (Å²) < 4.78 is 0.988. The molecule has 0 aliphatic rings. The molecule has 3 nitrogen and oxygen atoms in total. The van der Waals surface area contributed by atoms with E-state index in [1.807, 2.05) is 24.3 Å². The van der Waals surface area contributed by atoms with Crippen molar-refractivity contribution in [2.45, 2.75) is 13.5 Å². The Bertz CT molecular complexity index is 640. The lowest BCUT2D eigenvalue weighted by Crippen LogP contribution is -2.26. The van der Waals surface area contributed by atoms with Gasteiger partial charge in [-0.3, -0.25) is 4.79 Å². The van der Waals surface area contributed by atoms with Crippen LogP contribution in [-0.2, 0) is 6.54 Å². The van der Waals surface area contributed by atoms with Crippen LogP contribution in [0, 0.1) is 6.92 Å². The van der Waals surface area contributed by atoms with Crippen LogP contribution < -0.4 is 0 Å². The molecule has 104 valence electrons. The lowest BCUT2D eigenvalue weighted by molar-refractivity contribution is 0.0784. The fourth-order valence-corrected chi connectivity index (χ4v) is 2.37. The minimum Gasteiger partial charge on any atom is -0.508 e. The molecule has 0 atom stereocenters. The van der Waals surface area contributed by atoms with Crippen molar-refractivity contribution >= 4 is 21.8 Å². The highest BCUT2D eigenvalue weighted by atomic mass is 79.9. The van der Waals surface area contributed by atoms with Crippen molar-refractivity contribution in [3.8, 4) is 5.75 Å². The van der Waals surface area contributed by atoms with Crippen LogP contribution in [0.5, 0.6) is 5.75 Å². The third kappa shape index (κ3) is 3.20. The number of amides is 1. The zero-order chi connectivity index (χ0) is 14.7. The molecule has 0 heterocycles. The number of benzene rings is 2. The van der Waals surface area contributed by atoms with Crippen molar-refractivity contribution in [3.63, 3.8) is 0 Å². The first-order valence-corrected chi connectivity index (χ1v) is 7.07. The van der Waals surface area contributed by atoms with Gasteiger partial charge in [-0.15, -0.1) is 0 Å². The first-order chi connectivity index (χ1) is 9.49. The van der Waals surface area contributed by atoms with Crippen LogP contribution in [0.4, 0.5) is 0 Å². The highest BCUT2D eigenvalue weighted by Crippen LogP contribution is 2.20. The molecule has 0 saturated carbocycles. The molecule has 0 aromatic heterocycles. The van der Waals surface area contributed by atoms with Gasteiger partial charge < -0.3 is 10.0 Å². The number of aromatic hydroxyl groups is 1. The van der Waals surface area contributed by atoms with Crippen molar-refractivity contribution in [2.75, 3.05) is 7.05 Å². The van der Waals surface area contributed by atoms with E-state index in [4.69, 9.17) is 0 Å². The number of carbonyl (C=O) groups excluding carboxylic acids is 1. The van der Waals surface area contributed by atoms with E-state index in [-0.39, 0.29) is 11.7 Å². The minimum absolute atomic E-state index is 0.0659. The summed E-state index contributed by atoms with van der Waals surface area (Å²) in [6, 6.07) is 12.7. The Morgan fingerprint density at radius 3 is 2.60 bits per heavy atom. The SMILES string of the molecule is Cc1cc(C(=O)N(C)Cc2ccccc2Br)ccc1O. The van der Waals surface area contributed by atoms with Crippen LogP contribution in [0.15, 0.2) is 46.9 Å². The number of aryl methyl sites for hydroxylation is 1. The molecule has 1 N–H and O–H groups in total. The zero-order valence-corrected chi connectivity index (χ0v) is 13.0. The molecule has 1 amide bonds. The van der Waals surface area contributed by atoms with Gasteiger partial charge >= 0.3 is 0 Å². The number of hydrogen-bond donors (Lipinski definition) is 1. The van der Waals surface area contributed by atoms with Gasteiger partial charge in [0.05, 0.1) is 0 Å². The minimum atomic E-state index is -0.0659. The summed E-state index contributed by atoms with van der Waals surface area (Å²) in [5.74, 6) is 0.138. The highest BCUT2D eigenvalue weighted by molar-refractivity contribution is 9.10. The second kappa shape index (κ2) is 6.09. The van der Waals surface area contributed by atoms with Gasteiger partial charge in [-0.05, 0) is 42.3 Å². The Hall–Kier alpha value is -1.81. The molecule has 2 aromatic rings. The average Bonchev–Trinajstić information content (AvgIpc) is 2.43. The van der Waals surface area contributed by atoms with Crippen molar-refractivity contribution in [2.24, 2.45) is 0 Å². The molecule has 0 unspecified atom stereocenters. The standard InChI is InChI=1S/C16H16BrNO2/c1-11-9-12(7-8-15(11)19)16(20)18(2)10-13-5-3-4-6-14(13)17/h3-9,19H,10H2,1-2H3. The van der Waals surface area contributed by atoms with Crippen LogP contribution in [0.25, 0.3) is 0 Å². The number of nitrogens with zero attached hydrogens (tertiary/aromatic N) is 1. The van der Waals surface area contributed by atoms with Gasteiger partial charge in [-0.1, -0.05) is 34.1 Å². The summed E-state index contributed by atoms with van der Waals surface area (Å²) in [6.07, 6.45) is 0. The topological polar surface area (TPSA) is 40.5 Å². The van der Waals surface area contributed by atoms with Gasteiger partial charge in [-0.2, -0.15) is 0 Å². The van der Waals surface area contributed by atoms with Crippen LogP contribution >= 0.6 is 15.9 Å².